The Balaban J connectivity index is 1.67. The first-order valence-corrected chi connectivity index (χ1v) is 9.11. The molecule has 0 bridgehead atoms. The second kappa shape index (κ2) is 7.16. The molecule has 22 heavy (non-hydrogen) atoms. The minimum absolute atomic E-state index is 0.246. The first-order chi connectivity index (χ1) is 10.1. The second-order valence-electron chi connectivity index (χ2n) is 9.20. The van der Waals surface area contributed by atoms with Crippen LogP contribution in [0.1, 0.15) is 54.4 Å². The third kappa shape index (κ3) is 5.80. The van der Waals surface area contributed by atoms with Crippen LogP contribution in [0.3, 0.4) is 0 Å². The Bertz CT molecular complexity index is 326. The van der Waals surface area contributed by atoms with Crippen molar-refractivity contribution < 1.29 is 0 Å². The lowest BCUT2D eigenvalue weighted by atomic mass is 10.0. The van der Waals surface area contributed by atoms with Crippen LogP contribution in [0.15, 0.2) is 0 Å². The molecular weight excluding hydrogens is 272 g/mol. The molecule has 0 radical (unpaired) electrons. The van der Waals surface area contributed by atoms with Gasteiger partial charge in [-0.25, -0.2) is 0 Å². The Kier molecular flexibility index (Phi) is 5.92. The van der Waals surface area contributed by atoms with Gasteiger partial charge in [0, 0.05) is 56.4 Å². The van der Waals surface area contributed by atoms with E-state index in [0.29, 0.717) is 11.6 Å². The summed E-state index contributed by atoms with van der Waals surface area (Å²) in [5.74, 6) is 0. The SMILES string of the molecule is CC(C)(C)NC1CCN(CN2CCN(C(C)(C)C)CC2)CC1. The van der Waals surface area contributed by atoms with Gasteiger partial charge in [-0.2, -0.15) is 0 Å². The fraction of sp³-hybridized carbons (Fsp3) is 1.00. The van der Waals surface area contributed by atoms with Gasteiger partial charge in [0.2, 0.25) is 0 Å². The zero-order chi connectivity index (χ0) is 16.4. The summed E-state index contributed by atoms with van der Waals surface area (Å²) >= 11 is 0. The first kappa shape index (κ1) is 18.2. The lowest BCUT2D eigenvalue weighted by Crippen LogP contribution is -2.56. The van der Waals surface area contributed by atoms with E-state index in [2.05, 4.69) is 61.6 Å². The molecule has 0 atom stereocenters. The molecule has 0 spiro atoms. The van der Waals surface area contributed by atoms with Crippen molar-refractivity contribution in [2.45, 2.75) is 71.5 Å². The maximum absolute atomic E-state index is 3.76. The zero-order valence-corrected chi connectivity index (χ0v) is 15.8. The molecule has 0 aromatic heterocycles. The monoisotopic (exact) mass is 310 g/mol. The normalized spacial score (nSPS) is 24.8. The molecule has 2 rings (SSSR count). The Morgan fingerprint density at radius 2 is 1.27 bits per heavy atom. The average molecular weight is 311 g/mol. The van der Waals surface area contributed by atoms with Crippen molar-refractivity contribution >= 4 is 0 Å². The average Bonchev–Trinajstić information content (AvgIpc) is 2.39. The molecule has 130 valence electrons. The van der Waals surface area contributed by atoms with E-state index in [1.807, 2.05) is 0 Å². The summed E-state index contributed by atoms with van der Waals surface area (Å²) < 4.78 is 0. The molecule has 2 heterocycles. The van der Waals surface area contributed by atoms with E-state index < -0.39 is 0 Å². The summed E-state index contributed by atoms with van der Waals surface area (Å²) in [5, 5.41) is 3.76. The van der Waals surface area contributed by atoms with Crippen molar-refractivity contribution in [3.63, 3.8) is 0 Å². The molecule has 0 aromatic carbocycles. The summed E-state index contributed by atoms with van der Waals surface area (Å²) in [6.45, 7) is 22.3. The molecule has 0 amide bonds. The quantitative estimate of drug-likeness (QED) is 0.863. The topological polar surface area (TPSA) is 21.8 Å². The van der Waals surface area contributed by atoms with Gasteiger partial charge >= 0.3 is 0 Å². The van der Waals surface area contributed by atoms with Crippen molar-refractivity contribution in [3.05, 3.63) is 0 Å². The van der Waals surface area contributed by atoms with Crippen LogP contribution in [0.25, 0.3) is 0 Å². The van der Waals surface area contributed by atoms with Crippen molar-refractivity contribution in [1.29, 1.82) is 0 Å². The summed E-state index contributed by atoms with van der Waals surface area (Å²) in [5.41, 5.74) is 0.569. The Morgan fingerprint density at radius 3 is 1.73 bits per heavy atom. The van der Waals surface area contributed by atoms with E-state index in [1.54, 1.807) is 0 Å². The van der Waals surface area contributed by atoms with Crippen molar-refractivity contribution in [1.82, 2.24) is 20.0 Å². The van der Waals surface area contributed by atoms with Crippen molar-refractivity contribution in [2.75, 3.05) is 45.9 Å². The minimum atomic E-state index is 0.246. The number of hydrogen-bond acceptors (Lipinski definition) is 4. The second-order valence-corrected chi connectivity index (χ2v) is 9.20. The molecule has 2 fully saturated rings. The molecule has 2 saturated heterocycles. The minimum Gasteiger partial charge on any atom is -0.309 e. The van der Waals surface area contributed by atoms with Crippen LogP contribution in [-0.2, 0) is 0 Å². The van der Waals surface area contributed by atoms with E-state index >= 15 is 0 Å². The predicted octanol–water partition coefficient (Wildman–Crippen LogP) is 2.21. The molecule has 0 saturated carbocycles. The third-order valence-corrected chi connectivity index (χ3v) is 4.95. The molecule has 2 aliphatic rings. The molecular formula is C18H38N4. The Morgan fingerprint density at radius 1 is 0.773 bits per heavy atom. The van der Waals surface area contributed by atoms with E-state index in [9.17, 15) is 0 Å². The summed E-state index contributed by atoms with van der Waals surface area (Å²) in [6, 6.07) is 0.703. The summed E-state index contributed by atoms with van der Waals surface area (Å²) in [4.78, 5) is 7.90. The number of rotatable bonds is 3. The Labute approximate surface area is 138 Å². The van der Waals surface area contributed by atoms with Gasteiger partial charge in [-0.1, -0.05) is 0 Å². The van der Waals surface area contributed by atoms with Gasteiger partial charge in [-0.15, -0.1) is 0 Å². The third-order valence-electron chi connectivity index (χ3n) is 4.95. The van der Waals surface area contributed by atoms with Crippen molar-refractivity contribution in [3.8, 4) is 0 Å². The highest BCUT2D eigenvalue weighted by molar-refractivity contribution is 4.85. The number of nitrogens with one attached hydrogen (secondary N) is 1. The van der Waals surface area contributed by atoms with Crippen LogP contribution < -0.4 is 5.32 Å². The lowest BCUT2D eigenvalue weighted by molar-refractivity contribution is 0.0254. The molecule has 2 aliphatic heterocycles. The smallest absolute Gasteiger partial charge is 0.0507 e. The molecule has 0 aromatic rings. The summed E-state index contributed by atoms with van der Waals surface area (Å²) in [7, 11) is 0. The van der Waals surface area contributed by atoms with Crippen LogP contribution in [0.2, 0.25) is 0 Å². The number of piperazine rings is 1. The van der Waals surface area contributed by atoms with Crippen LogP contribution in [-0.4, -0.2) is 77.8 Å². The first-order valence-electron chi connectivity index (χ1n) is 9.11. The molecule has 4 heteroatoms. The number of nitrogens with zero attached hydrogens (tertiary/aromatic N) is 3. The standard InChI is InChI=1S/C18H38N4/c1-17(2,3)19-16-7-9-20(10-8-16)15-21-11-13-22(14-12-21)18(4,5)6/h16,19H,7-15H2,1-6H3. The van der Waals surface area contributed by atoms with Gasteiger partial charge in [0.15, 0.2) is 0 Å². The fourth-order valence-corrected chi connectivity index (χ4v) is 3.67. The molecule has 0 unspecified atom stereocenters. The van der Waals surface area contributed by atoms with Gasteiger partial charge < -0.3 is 5.32 Å². The highest BCUT2D eigenvalue weighted by Gasteiger charge is 2.28. The molecule has 0 aliphatic carbocycles. The fourth-order valence-electron chi connectivity index (χ4n) is 3.67. The van der Waals surface area contributed by atoms with E-state index in [0.717, 1.165) is 0 Å². The van der Waals surface area contributed by atoms with Gasteiger partial charge in [-0.3, -0.25) is 14.7 Å². The zero-order valence-electron chi connectivity index (χ0n) is 15.8. The largest absolute Gasteiger partial charge is 0.309 e. The number of piperidine rings is 1. The highest BCUT2D eigenvalue weighted by atomic mass is 15.4. The van der Waals surface area contributed by atoms with Crippen LogP contribution in [0.4, 0.5) is 0 Å². The number of hydrogen-bond donors (Lipinski definition) is 1. The number of likely N-dealkylation sites (tertiary alicyclic amines) is 1. The highest BCUT2D eigenvalue weighted by Crippen LogP contribution is 2.18. The van der Waals surface area contributed by atoms with Crippen molar-refractivity contribution in [2.24, 2.45) is 0 Å². The van der Waals surface area contributed by atoms with Crippen LogP contribution >= 0.6 is 0 Å². The Hall–Kier alpha value is -0.160. The van der Waals surface area contributed by atoms with Gasteiger partial charge in [0.05, 0.1) is 6.67 Å². The summed E-state index contributed by atoms with van der Waals surface area (Å²) in [6.07, 6.45) is 2.58. The van der Waals surface area contributed by atoms with E-state index in [4.69, 9.17) is 0 Å². The molecule has 4 nitrogen and oxygen atoms in total. The van der Waals surface area contributed by atoms with Crippen LogP contribution in [0.5, 0.6) is 0 Å². The lowest BCUT2D eigenvalue weighted by Gasteiger charge is -2.44. The van der Waals surface area contributed by atoms with Crippen LogP contribution in [0, 0.1) is 0 Å². The van der Waals surface area contributed by atoms with Gasteiger partial charge in [0.25, 0.3) is 0 Å². The molecule has 1 N–H and O–H groups in total. The predicted molar refractivity (Wildman–Crippen MR) is 95.2 cm³/mol. The maximum atomic E-state index is 3.76. The van der Waals surface area contributed by atoms with E-state index in [1.165, 1.54) is 58.8 Å². The van der Waals surface area contributed by atoms with E-state index in [-0.39, 0.29) is 5.54 Å². The van der Waals surface area contributed by atoms with Gasteiger partial charge in [-0.05, 0) is 54.4 Å². The maximum Gasteiger partial charge on any atom is 0.0507 e. The van der Waals surface area contributed by atoms with Gasteiger partial charge in [0.1, 0.15) is 0 Å².